The van der Waals surface area contributed by atoms with Gasteiger partial charge in [-0.3, -0.25) is 0 Å². The Bertz CT molecular complexity index is 634. The van der Waals surface area contributed by atoms with Crippen LogP contribution in [0, 0.1) is 0 Å². The summed E-state index contributed by atoms with van der Waals surface area (Å²) < 4.78 is 1.81. The average Bonchev–Trinajstić information content (AvgIpc) is 2.41. The number of nitrogens with two attached hydrogens (primary N) is 1. The maximum absolute atomic E-state index is 8.82. The first-order valence-corrected chi connectivity index (χ1v) is 7.58. The maximum Gasteiger partial charge on any atom is 0.171 e. The van der Waals surface area contributed by atoms with E-state index in [0.29, 0.717) is 5.56 Å². The Balaban J connectivity index is 2.44. The molecule has 98 valence electrons. The molecule has 0 fully saturated rings. The molecule has 1 heterocycles. The zero-order valence-electron chi connectivity index (χ0n) is 9.55. The second-order valence-corrected chi connectivity index (χ2v) is 6.32. The predicted octanol–water partition coefficient (Wildman–Crippen LogP) is 3.85. The minimum absolute atomic E-state index is 0.0713. The molecule has 0 aliphatic heterocycles. The fourth-order valence-electron chi connectivity index (χ4n) is 1.40. The molecule has 0 amide bonds. The highest BCUT2D eigenvalue weighted by Gasteiger charge is 2.11. The van der Waals surface area contributed by atoms with Crippen molar-refractivity contribution in [3.05, 3.63) is 51.0 Å². The van der Waals surface area contributed by atoms with Crippen molar-refractivity contribution in [1.82, 2.24) is 4.98 Å². The second kappa shape index (κ2) is 6.40. The molecule has 0 aliphatic carbocycles. The summed E-state index contributed by atoms with van der Waals surface area (Å²) in [5, 5.41) is 12.7. The van der Waals surface area contributed by atoms with Gasteiger partial charge in [0.2, 0.25) is 0 Å². The van der Waals surface area contributed by atoms with E-state index in [9.17, 15) is 0 Å². The largest absolute Gasteiger partial charge is 0.409 e. The Labute approximate surface area is 131 Å². The van der Waals surface area contributed by atoms with Crippen LogP contribution in [0.5, 0.6) is 0 Å². The third-order valence-corrected chi connectivity index (χ3v) is 4.73. The molecule has 0 atom stereocenters. The molecule has 1 aromatic carbocycles. The van der Waals surface area contributed by atoms with Gasteiger partial charge in [0, 0.05) is 21.1 Å². The lowest BCUT2D eigenvalue weighted by atomic mass is 10.2. The van der Waals surface area contributed by atoms with E-state index in [1.807, 2.05) is 24.3 Å². The highest BCUT2D eigenvalue weighted by molar-refractivity contribution is 9.10. The minimum Gasteiger partial charge on any atom is -0.409 e. The summed E-state index contributed by atoms with van der Waals surface area (Å²) in [6.45, 7) is 0. The Morgan fingerprint density at radius 1 is 1.32 bits per heavy atom. The third kappa shape index (κ3) is 3.49. The predicted molar refractivity (Wildman–Crippen MR) is 82.7 cm³/mol. The molecule has 0 radical (unpaired) electrons. The van der Waals surface area contributed by atoms with E-state index in [1.54, 1.807) is 12.3 Å². The Morgan fingerprint density at radius 3 is 2.79 bits per heavy atom. The van der Waals surface area contributed by atoms with Crippen LogP contribution in [-0.2, 0) is 0 Å². The van der Waals surface area contributed by atoms with E-state index < -0.39 is 0 Å². The van der Waals surface area contributed by atoms with E-state index in [0.717, 1.165) is 18.9 Å². The first-order chi connectivity index (χ1) is 9.11. The summed E-state index contributed by atoms with van der Waals surface area (Å²) in [6.07, 6.45) is 1.72. The number of hydrogen-bond acceptors (Lipinski definition) is 4. The number of benzene rings is 1. The van der Waals surface area contributed by atoms with Crippen LogP contribution in [0.3, 0.4) is 0 Å². The van der Waals surface area contributed by atoms with Crippen LogP contribution in [0.2, 0.25) is 0 Å². The lowest BCUT2D eigenvalue weighted by Crippen LogP contribution is -2.14. The van der Waals surface area contributed by atoms with Crippen molar-refractivity contribution in [3.63, 3.8) is 0 Å². The molecule has 2 rings (SSSR count). The zero-order valence-corrected chi connectivity index (χ0v) is 13.5. The summed E-state index contributed by atoms with van der Waals surface area (Å²) in [5.74, 6) is 0.0713. The Morgan fingerprint density at radius 2 is 2.11 bits per heavy atom. The number of oxime groups is 1. The van der Waals surface area contributed by atoms with Crippen molar-refractivity contribution in [2.24, 2.45) is 10.9 Å². The van der Waals surface area contributed by atoms with Crippen molar-refractivity contribution >= 4 is 49.5 Å². The molecule has 0 aliphatic rings. The number of rotatable bonds is 3. The molecule has 0 spiro atoms. The van der Waals surface area contributed by atoms with Gasteiger partial charge >= 0.3 is 0 Å². The van der Waals surface area contributed by atoms with Gasteiger partial charge in [-0.15, -0.1) is 0 Å². The Kier molecular flexibility index (Phi) is 4.84. The second-order valence-electron chi connectivity index (χ2n) is 3.52. The van der Waals surface area contributed by atoms with Crippen LogP contribution in [0.1, 0.15) is 5.56 Å². The highest BCUT2D eigenvalue weighted by Crippen LogP contribution is 2.35. The highest BCUT2D eigenvalue weighted by atomic mass is 79.9. The molecular formula is C12H9Br2N3OS. The first-order valence-electron chi connectivity index (χ1n) is 5.17. The van der Waals surface area contributed by atoms with Crippen molar-refractivity contribution in [3.8, 4) is 0 Å². The van der Waals surface area contributed by atoms with Crippen molar-refractivity contribution in [2.75, 3.05) is 0 Å². The third-order valence-electron chi connectivity index (χ3n) is 2.26. The fourth-order valence-corrected chi connectivity index (χ4v) is 3.36. The minimum atomic E-state index is 0.0713. The number of amidine groups is 1. The smallest absolute Gasteiger partial charge is 0.171 e. The maximum atomic E-state index is 8.82. The lowest BCUT2D eigenvalue weighted by Gasteiger charge is -2.09. The van der Waals surface area contributed by atoms with Gasteiger partial charge < -0.3 is 10.9 Å². The van der Waals surface area contributed by atoms with Crippen LogP contribution >= 0.6 is 43.6 Å². The monoisotopic (exact) mass is 401 g/mol. The first kappa shape index (κ1) is 14.4. The van der Waals surface area contributed by atoms with E-state index in [-0.39, 0.29) is 5.84 Å². The number of hydrogen-bond donors (Lipinski definition) is 2. The zero-order chi connectivity index (χ0) is 13.8. The number of halogens is 2. The van der Waals surface area contributed by atoms with Crippen molar-refractivity contribution < 1.29 is 5.21 Å². The van der Waals surface area contributed by atoms with E-state index in [2.05, 4.69) is 42.0 Å². The van der Waals surface area contributed by atoms with Crippen LogP contribution in [0.15, 0.2) is 60.6 Å². The van der Waals surface area contributed by atoms with Gasteiger partial charge in [0.25, 0.3) is 0 Å². The van der Waals surface area contributed by atoms with Gasteiger partial charge in [-0.05, 0) is 46.3 Å². The molecule has 0 unspecified atom stereocenters. The van der Waals surface area contributed by atoms with E-state index in [4.69, 9.17) is 10.9 Å². The van der Waals surface area contributed by atoms with E-state index >= 15 is 0 Å². The Hall–Kier alpha value is -1.05. The van der Waals surface area contributed by atoms with Gasteiger partial charge in [-0.2, -0.15) is 0 Å². The number of pyridine rings is 1. The SMILES string of the molecule is N/C(=N/O)c1ccc(Br)cc1Sc1ncccc1Br. The van der Waals surface area contributed by atoms with E-state index in [1.165, 1.54) is 11.8 Å². The molecule has 2 aromatic rings. The standard InChI is InChI=1S/C12H9Br2N3OS/c13-7-3-4-8(11(15)17-18)10(6-7)19-12-9(14)2-1-5-16-12/h1-6,18H,(H2,15,17). The summed E-state index contributed by atoms with van der Waals surface area (Å²) in [6, 6.07) is 9.29. The van der Waals surface area contributed by atoms with Gasteiger partial charge in [-0.1, -0.05) is 32.8 Å². The average molecular weight is 403 g/mol. The molecule has 0 saturated carbocycles. The molecule has 3 N–H and O–H groups in total. The quantitative estimate of drug-likeness (QED) is 0.354. The van der Waals surface area contributed by atoms with Crippen LogP contribution in [0.4, 0.5) is 0 Å². The lowest BCUT2D eigenvalue weighted by molar-refractivity contribution is 0.318. The molecule has 7 heteroatoms. The van der Waals surface area contributed by atoms with Crippen molar-refractivity contribution in [2.45, 2.75) is 9.92 Å². The summed E-state index contributed by atoms with van der Waals surface area (Å²) in [7, 11) is 0. The summed E-state index contributed by atoms with van der Waals surface area (Å²) in [4.78, 5) is 5.14. The number of nitrogens with zero attached hydrogens (tertiary/aromatic N) is 2. The van der Waals surface area contributed by atoms with Crippen LogP contribution in [-0.4, -0.2) is 16.0 Å². The summed E-state index contributed by atoms with van der Waals surface area (Å²) in [5.41, 5.74) is 6.34. The number of aromatic nitrogens is 1. The molecule has 1 aromatic heterocycles. The van der Waals surface area contributed by atoms with Crippen LogP contribution in [0.25, 0.3) is 0 Å². The van der Waals surface area contributed by atoms with Crippen molar-refractivity contribution in [1.29, 1.82) is 0 Å². The van der Waals surface area contributed by atoms with Gasteiger partial charge in [0.1, 0.15) is 5.03 Å². The molecule has 0 saturated heterocycles. The van der Waals surface area contributed by atoms with Gasteiger partial charge in [0.15, 0.2) is 5.84 Å². The molecule has 4 nitrogen and oxygen atoms in total. The molecule has 0 bridgehead atoms. The van der Waals surface area contributed by atoms with Gasteiger partial charge in [-0.25, -0.2) is 4.98 Å². The molecular weight excluding hydrogens is 394 g/mol. The normalized spacial score (nSPS) is 11.6. The summed E-state index contributed by atoms with van der Waals surface area (Å²) >= 11 is 8.29. The van der Waals surface area contributed by atoms with Crippen LogP contribution < -0.4 is 5.73 Å². The topological polar surface area (TPSA) is 71.5 Å². The molecule has 19 heavy (non-hydrogen) atoms. The van der Waals surface area contributed by atoms with Gasteiger partial charge in [0.05, 0.1) is 4.47 Å². The fraction of sp³-hybridized carbons (Fsp3) is 0.